The molecule has 4 nitrogen and oxygen atoms in total. The number of anilines is 2. The van der Waals surface area contributed by atoms with Crippen molar-refractivity contribution in [3.63, 3.8) is 0 Å². The van der Waals surface area contributed by atoms with E-state index in [1.54, 1.807) is 11.8 Å². The van der Waals surface area contributed by atoms with Gasteiger partial charge in [-0.05, 0) is 12.7 Å². The number of nitrogens with zero attached hydrogens (tertiary/aromatic N) is 2. The second-order valence-corrected chi connectivity index (χ2v) is 3.93. The Morgan fingerprint density at radius 3 is 2.67 bits per heavy atom. The van der Waals surface area contributed by atoms with Crippen molar-refractivity contribution in [1.82, 2.24) is 9.97 Å². The van der Waals surface area contributed by atoms with E-state index in [1.165, 1.54) is 6.42 Å². The van der Waals surface area contributed by atoms with Gasteiger partial charge >= 0.3 is 0 Å². The van der Waals surface area contributed by atoms with Gasteiger partial charge < -0.3 is 10.6 Å². The van der Waals surface area contributed by atoms with Gasteiger partial charge in [0.15, 0.2) is 5.16 Å². The minimum atomic E-state index is 0.792. The second kappa shape index (κ2) is 6.50. The molecule has 0 saturated carbocycles. The summed E-state index contributed by atoms with van der Waals surface area (Å²) >= 11 is 1.55. The molecule has 1 rings (SSSR count). The SMILES string of the molecule is CCCCNc1cc(NC)nc(SC)n1. The van der Waals surface area contributed by atoms with Gasteiger partial charge in [0, 0.05) is 19.7 Å². The van der Waals surface area contributed by atoms with Gasteiger partial charge in [0.25, 0.3) is 0 Å². The van der Waals surface area contributed by atoms with Gasteiger partial charge in [0.05, 0.1) is 0 Å². The van der Waals surface area contributed by atoms with E-state index in [-0.39, 0.29) is 0 Å². The lowest BCUT2D eigenvalue weighted by molar-refractivity contribution is 0.826. The van der Waals surface area contributed by atoms with E-state index in [0.717, 1.165) is 29.8 Å². The highest BCUT2D eigenvalue weighted by atomic mass is 32.2. The number of unbranched alkanes of at least 4 members (excludes halogenated alkanes) is 1. The summed E-state index contributed by atoms with van der Waals surface area (Å²) in [5, 5.41) is 7.11. The molecular formula is C10H18N4S. The number of nitrogens with one attached hydrogen (secondary N) is 2. The molecule has 15 heavy (non-hydrogen) atoms. The Kier molecular flexibility index (Phi) is 5.25. The molecule has 0 atom stereocenters. The van der Waals surface area contributed by atoms with E-state index in [9.17, 15) is 0 Å². The van der Waals surface area contributed by atoms with Gasteiger partial charge in [-0.3, -0.25) is 0 Å². The Bertz CT molecular complexity index is 281. The Labute approximate surface area is 95.3 Å². The number of aromatic nitrogens is 2. The van der Waals surface area contributed by atoms with Crippen molar-refractivity contribution < 1.29 is 0 Å². The summed E-state index contributed by atoms with van der Waals surface area (Å²) in [4.78, 5) is 8.67. The molecule has 0 fully saturated rings. The largest absolute Gasteiger partial charge is 0.373 e. The van der Waals surface area contributed by atoms with Crippen LogP contribution in [0.25, 0.3) is 0 Å². The van der Waals surface area contributed by atoms with Crippen molar-refractivity contribution >= 4 is 23.4 Å². The summed E-state index contributed by atoms with van der Waals surface area (Å²) in [5.74, 6) is 1.75. The molecule has 0 aromatic carbocycles. The van der Waals surface area contributed by atoms with Gasteiger partial charge in [-0.1, -0.05) is 25.1 Å². The van der Waals surface area contributed by atoms with E-state index >= 15 is 0 Å². The van der Waals surface area contributed by atoms with Crippen LogP contribution in [0, 0.1) is 0 Å². The van der Waals surface area contributed by atoms with Crippen LogP contribution in [-0.2, 0) is 0 Å². The van der Waals surface area contributed by atoms with E-state index in [4.69, 9.17) is 0 Å². The third-order valence-electron chi connectivity index (χ3n) is 1.98. The smallest absolute Gasteiger partial charge is 0.191 e. The molecule has 5 heteroatoms. The molecule has 1 aromatic rings. The molecule has 1 heterocycles. The minimum Gasteiger partial charge on any atom is -0.373 e. The molecule has 2 N–H and O–H groups in total. The maximum Gasteiger partial charge on any atom is 0.191 e. The van der Waals surface area contributed by atoms with Gasteiger partial charge in [0.2, 0.25) is 0 Å². The first kappa shape index (κ1) is 12.1. The molecule has 0 saturated heterocycles. The highest BCUT2D eigenvalue weighted by molar-refractivity contribution is 7.98. The first-order valence-corrected chi connectivity index (χ1v) is 6.37. The van der Waals surface area contributed by atoms with Crippen LogP contribution in [0.4, 0.5) is 11.6 Å². The summed E-state index contributed by atoms with van der Waals surface area (Å²) in [6.07, 6.45) is 4.32. The van der Waals surface area contributed by atoms with Gasteiger partial charge in [0.1, 0.15) is 11.6 Å². The van der Waals surface area contributed by atoms with Crippen LogP contribution >= 0.6 is 11.8 Å². The molecule has 0 aliphatic rings. The van der Waals surface area contributed by atoms with Crippen molar-refractivity contribution in [3.8, 4) is 0 Å². The van der Waals surface area contributed by atoms with Crippen molar-refractivity contribution in [1.29, 1.82) is 0 Å². The average molecular weight is 226 g/mol. The number of hydrogen-bond donors (Lipinski definition) is 2. The molecule has 0 bridgehead atoms. The van der Waals surface area contributed by atoms with Crippen molar-refractivity contribution in [2.45, 2.75) is 24.9 Å². The Hall–Kier alpha value is -0.970. The number of thioether (sulfide) groups is 1. The van der Waals surface area contributed by atoms with Crippen molar-refractivity contribution in [2.75, 3.05) is 30.5 Å². The van der Waals surface area contributed by atoms with Crippen LogP contribution in [0.15, 0.2) is 11.2 Å². The van der Waals surface area contributed by atoms with Crippen LogP contribution in [0.1, 0.15) is 19.8 Å². The number of hydrogen-bond acceptors (Lipinski definition) is 5. The third-order valence-corrected chi connectivity index (χ3v) is 2.53. The maximum absolute atomic E-state index is 4.37. The fourth-order valence-electron chi connectivity index (χ4n) is 1.13. The fourth-order valence-corrected chi connectivity index (χ4v) is 1.51. The van der Waals surface area contributed by atoms with Crippen LogP contribution in [-0.4, -0.2) is 29.8 Å². The minimum absolute atomic E-state index is 0.792. The molecule has 0 aliphatic carbocycles. The standard InChI is InChI=1S/C10H18N4S/c1-4-5-6-12-9-7-8(11-2)13-10(14-9)15-3/h7H,4-6H2,1-3H3,(H2,11,12,13,14). The zero-order valence-corrected chi connectivity index (χ0v) is 10.3. The summed E-state index contributed by atoms with van der Waals surface area (Å²) in [6, 6.07) is 1.93. The highest BCUT2D eigenvalue weighted by Crippen LogP contribution is 2.16. The highest BCUT2D eigenvalue weighted by Gasteiger charge is 2.01. The molecular weight excluding hydrogens is 208 g/mol. The lowest BCUT2D eigenvalue weighted by atomic mass is 10.3. The monoisotopic (exact) mass is 226 g/mol. The summed E-state index contributed by atoms with van der Waals surface area (Å²) < 4.78 is 0. The van der Waals surface area contributed by atoms with Crippen molar-refractivity contribution in [2.24, 2.45) is 0 Å². The van der Waals surface area contributed by atoms with Crippen LogP contribution < -0.4 is 10.6 Å². The van der Waals surface area contributed by atoms with Crippen LogP contribution in [0.2, 0.25) is 0 Å². The van der Waals surface area contributed by atoms with E-state index in [1.807, 2.05) is 19.4 Å². The predicted octanol–water partition coefficient (Wildman–Crippen LogP) is 2.45. The normalized spacial score (nSPS) is 10.1. The summed E-state index contributed by atoms with van der Waals surface area (Å²) in [6.45, 7) is 3.14. The Balaban J connectivity index is 2.68. The third kappa shape index (κ3) is 3.95. The zero-order valence-electron chi connectivity index (χ0n) is 9.50. The van der Waals surface area contributed by atoms with Gasteiger partial charge in [-0.2, -0.15) is 0 Å². The van der Waals surface area contributed by atoms with E-state index in [0.29, 0.717) is 0 Å². The molecule has 0 unspecified atom stereocenters. The quantitative estimate of drug-likeness (QED) is 0.443. The Morgan fingerprint density at radius 1 is 1.33 bits per heavy atom. The average Bonchev–Trinajstić information content (AvgIpc) is 2.29. The summed E-state index contributed by atoms with van der Waals surface area (Å²) in [7, 11) is 1.86. The Morgan fingerprint density at radius 2 is 2.07 bits per heavy atom. The molecule has 84 valence electrons. The van der Waals surface area contributed by atoms with E-state index in [2.05, 4.69) is 27.5 Å². The number of rotatable bonds is 6. The van der Waals surface area contributed by atoms with Crippen LogP contribution in [0.3, 0.4) is 0 Å². The van der Waals surface area contributed by atoms with Gasteiger partial charge in [-0.15, -0.1) is 0 Å². The lowest BCUT2D eigenvalue weighted by Crippen LogP contribution is -2.05. The first-order chi connectivity index (χ1) is 7.30. The lowest BCUT2D eigenvalue weighted by Gasteiger charge is -2.08. The van der Waals surface area contributed by atoms with Crippen molar-refractivity contribution in [3.05, 3.63) is 6.07 Å². The molecule has 0 spiro atoms. The topological polar surface area (TPSA) is 49.8 Å². The molecule has 0 amide bonds. The summed E-state index contributed by atoms with van der Waals surface area (Å²) in [5.41, 5.74) is 0. The predicted molar refractivity (Wildman–Crippen MR) is 66.8 cm³/mol. The van der Waals surface area contributed by atoms with E-state index < -0.39 is 0 Å². The fraction of sp³-hybridized carbons (Fsp3) is 0.600. The molecule has 0 aliphatic heterocycles. The van der Waals surface area contributed by atoms with Crippen LogP contribution in [0.5, 0.6) is 0 Å². The first-order valence-electron chi connectivity index (χ1n) is 5.14. The zero-order chi connectivity index (χ0) is 11.1. The second-order valence-electron chi connectivity index (χ2n) is 3.16. The molecule has 1 aromatic heterocycles. The van der Waals surface area contributed by atoms with Gasteiger partial charge in [-0.25, -0.2) is 9.97 Å². The maximum atomic E-state index is 4.37. The molecule has 0 radical (unpaired) electrons.